The molecule has 0 aromatic heterocycles. The first kappa shape index (κ1) is 32.1. The SMILES string of the molecule is COc1c(COC(=O)C2CC(C)(C)N([O])C2(C)C)c2c(c(OC)c1OC)-c1ccc(OC)c(=O)cc1[C@@H](NC(C)=O)CC2. The third kappa shape index (κ3) is 5.63. The molecule has 11 heteroatoms. The van der Waals surface area contributed by atoms with E-state index >= 15 is 0 Å². The van der Waals surface area contributed by atoms with E-state index in [0.29, 0.717) is 53.0 Å². The van der Waals surface area contributed by atoms with E-state index < -0.39 is 29.0 Å². The molecule has 4 rings (SSSR count). The predicted molar refractivity (Wildman–Crippen MR) is 158 cm³/mol. The van der Waals surface area contributed by atoms with Crippen molar-refractivity contribution in [2.45, 2.75) is 77.6 Å². The van der Waals surface area contributed by atoms with E-state index in [-0.39, 0.29) is 29.4 Å². The van der Waals surface area contributed by atoms with Gasteiger partial charge in [0.25, 0.3) is 0 Å². The molecule has 1 saturated heterocycles. The number of nitrogens with one attached hydrogen (secondary N) is 1. The molecule has 1 radical (unpaired) electrons. The first-order valence-electron chi connectivity index (χ1n) is 14.2. The summed E-state index contributed by atoms with van der Waals surface area (Å²) in [5.41, 5.74) is 1.14. The van der Waals surface area contributed by atoms with Crippen LogP contribution in [0.25, 0.3) is 11.1 Å². The number of methoxy groups -OCH3 is 4. The molecule has 43 heavy (non-hydrogen) atoms. The van der Waals surface area contributed by atoms with Gasteiger partial charge in [-0.25, -0.2) is 0 Å². The van der Waals surface area contributed by atoms with Crippen LogP contribution in [-0.4, -0.2) is 56.5 Å². The van der Waals surface area contributed by atoms with E-state index in [1.165, 1.54) is 41.4 Å². The van der Waals surface area contributed by atoms with Crippen LogP contribution in [0.1, 0.15) is 70.2 Å². The van der Waals surface area contributed by atoms with Crippen molar-refractivity contribution in [1.82, 2.24) is 10.4 Å². The van der Waals surface area contributed by atoms with Gasteiger partial charge in [0.2, 0.25) is 17.1 Å². The maximum Gasteiger partial charge on any atom is 0.311 e. The van der Waals surface area contributed by atoms with Gasteiger partial charge in [-0.05, 0) is 75.8 Å². The maximum absolute atomic E-state index is 13.5. The average Bonchev–Trinajstić information content (AvgIpc) is 3.10. The first-order chi connectivity index (χ1) is 20.2. The second-order valence-corrected chi connectivity index (χ2v) is 12.1. The normalized spacial score (nSPS) is 20.2. The van der Waals surface area contributed by atoms with Crippen molar-refractivity contribution in [3.8, 4) is 34.1 Å². The van der Waals surface area contributed by atoms with Crippen LogP contribution in [0.3, 0.4) is 0 Å². The van der Waals surface area contributed by atoms with Crippen LogP contribution >= 0.6 is 0 Å². The molecule has 2 aliphatic rings. The molecule has 1 aliphatic heterocycles. The predicted octanol–water partition coefficient (Wildman–Crippen LogP) is 4.14. The van der Waals surface area contributed by atoms with E-state index in [1.807, 2.05) is 13.8 Å². The number of carbonyl (C=O) groups is 2. The molecule has 0 spiro atoms. The Morgan fingerprint density at radius 1 is 0.977 bits per heavy atom. The van der Waals surface area contributed by atoms with Gasteiger partial charge in [0.15, 0.2) is 17.2 Å². The topological polar surface area (TPSA) is 133 Å². The number of esters is 1. The van der Waals surface area contributed by atoms with Crippen molar-refractivity contribution in [1.29, 1.82) is 0 Å². The zero-order valence-corrected chi connectivity index (χ0v) is 26.3. The minimum Gasteiger partial charge on any atom is -0.493 e. The molecule has 1 N–H and O–H groups in total. The number of ether oxygens (including phenoxy) is 5. The van der Waals surface area contributed by atoms with Crippen LogP contribution < -0.4 is 29.7 Å². The highest BCUT2D eigenvalue weighted by atomic mass is 16.5. The van der Waals surface area contributed by atoms with Crippen molar-refractivity contribution in [2.24, 2.45) is 5.92 Å². The number of nitrogens with zero attached hydrogens (tertiary/aromatic N) is 1. The van der Waals surface area contributed by atoms with Crippen molar-refractivity contribution in [2.75, 3.05) is 28.4 Å². The van der Waals surface area contributed by atoms with E-state index in [4.69, 9.17) is 23.7 Å². The molecule has 11 nitrogen and oxygen atoms in total. The third-order valence-electron chi connectivity index (χ3n) is 8.63. The fraction of sp³-hybridized carbons (Fsp3) is 0.531. The number of amides is 1. The smallest absolute Gasteiger partial charge is 0.311 e. The molecule has 0 saturated carbocycles. The van der Waals surface area contributed by atoms with Crippen LogP contribution in [0.2, 0.25) is 0 Å². The zero-order chi connectivity index (χ0) is 31.9. The molecule has 233 valence electrons. The first-order valence-corrected chi connectivity index (χ1v) is 14.2. The summed E-state index contributed by atoms with van der Waals surface area (Å²) in [6.07, 6.45) is 1.20. The van der Waals surface area contributed by atoms with Crippen LogP contribution in [0.15, 0.2) is 23.0 Å². The van der Waals surface area contributed by atoms with Crippen LogP contribution in [0.5, 0.6) is 23.0 Å². The van der Waals surface area contributed by atoms with E-state index in [2.05, 4.69) is 5.32 Å². The Labute approximate surface area is 252 Å². The van der Waals surface area contributed by atoms with Gasteiger partial charge < -0.3 is 29.0 Å². The van der Waals surface area contributed by atoms with Crippen molar-refractivity contribution >= 4 is 11.9 Å². The molecule has 2 atom stereocenters. The number of carbonyl (C=O) groups excluding carboxylic acids is 2. The molecule has 1 fully saturated rings. The highest BCUT2D eigenvalue weighted by Gasteiger charge is 2.56. The minimum absolute atomic E-state index is 0.138. The highest BCUT2D eigenvalue weighted by Crippen LogP contribution is 2.53. The standard InChI is InChI=1S/C32H41N2O9/c1-17(35)33-23-12-10-19-21(16-43-30(37)22-15-31(2,3)34(38)32(22,4)5)27(40-7)29(42-9)28(41-8)26(19)18-11-13-25(39-6)24(36)14-20(18)23/h11,13-14,22-23H,10,12,15-16H2,1-9H3,(H,33,35)/t22?,23-/m0/s1. The van der Waals surface area contributed by atoms with Gasteiger partial charge >= 0.3 is 5.97 Å². The molecule has 1 amide bonds. The second-order valence-electron chi connectivity index (χ2n) is 12.1. The molecule has 2 aromatic rings. The summed E-state index contributed by atoms with van der Waals surface area (Å²) in [6, 6.07) is 4.30. The number of rotatable bonds is 8. The van der Waals surface area contributed by atoms with Crippen molar-refractivity contribution in [3.05, 3.63) is 45.1 Å². The van der Waals surface area contributed by atoms with E-state index in [9.17, 15) is 19.6 Å². The number of fused-ring (bicyclic) bond motifs is 3. The van der Waals surface area contributed by atoms with Crippen molar-refractivity contribution < 1.29 is 38.5 Å². The molecular weight excluding hydrogens is 556 g/mol. The summed E-state index contributed by atoms with van der Waals surface area (Å²) < 4.78 is 28.8. The lowest BCUT2D eigenvalue weighted by Gasteiger charge is -2.33. The lowest BCUT2D eigenvalue weighted by atomic mass is 9.87. The molecule has 2 aromatic carbocycles. The van der Waals surface area contributed by atoms with Gasteiger partial charge in [-0.1, -0.05) is 6.07 Å². The number of hydrogen-bond acceptors (Lipinski definition) is 9. The molecule has 1 unspecified atom stereocenters. The number of hydroxylamine groups is 2. The maximum atomic E-state index is 13.5. The zero-order valence-electron chi connectivity index (χ0n) is 26.3. The fourth-order valence-electron chi connectivity index (χ4n) is 6.61. The molecule has 1 aliphatic carbocycles. The van der Waals surface area contributed by atoms with Crippen LogP contribution in [-0.2, 0) is 32.6 Å². The Morgan fingerprint density at radius 2 is 1.63 bits per heavy atom. The van der Waals surface area contributed by atoms with E-state index in [0.717, 1.165) is 10.6 Å². The monoisotopic (exact) mass is 597 g/mol. The molecular formula is C32H41N2O9. The Morgan fingerprint density at radius 3 is 2.16 bits per heavy atom. The second kappa shape index (κ2) is 12.0. The Balaban J connectivity index is 1.92. The Hall–Kier alpha value is -3.83. The van der Waals surface area contributed by atoms with Gasteiger partial charge in [-0.3, -0.25) is 14.4 Å². The Bertz CT molecular complexity index is 1480. The van der Waals surface area contributed by atoms with Crippen LogP contribution in [0, 0.1) is 5.92 Å². The van der Waals surface area contributed by atoms with Crippen LogP contribution in [0.4, 0.5) is 0 Å². The summed E-state index contributed by atoms with van der Waals surface area (Å²) in [4.78, 5) is 38.8. The van der Waals surface area contributed by atoms with Gasteiger partial charge in [-0.15, -0.1) is 10.3 Å². The van der Waals surface area contributed by atoms with E-state index in [1.54, 1.807) is 26.0 Å². The lowest BCUT2D eigenvalue weighted by molar-refractivity contribution is -0.249. The average molecular weight is 598 g/mol. The fourth-order valence-corrected chi connectivity index (χ4v) is 6.61. The number of hydrogen-bond donors (Lipinski definition) is 1. The largest absolute Gasteiger partial charge is 0.493 e. The quantitative estimate of drug-likeness (QED) is 0.446. The van der Waals surface area contributed by atoms with Gasteiger partial charge in [-0.2, -0.15) is 0 Å². The number of benzene rings is 1. The summed E-state index contributed by atoms with van der Waals surface area (Å²) >= 11 is 0. The molecule has 0 bridgehead atoms. The third-order valence-corrected chi connectivity index (χ3v) is 8.63. The Kier molecular flexibility index (Phi) is 8.99. The van der Waals surface area contributed by atoms with Crippen molar-refractivity contribution in [3.63, 3.8) is 0 Å². The minimum atomic E-state index is -0.951. The highest BCUT2D eigenvalue weighted by molar-refractivity contribution is 5.85. The summed E-state index contributed by atoms with van der Waals surface area (Å²) in [5.74, 6) is -0.252. The molecule has 1 heterocycles. The van der Waals surface area contributed by atoms with Gasteiger partial charge in [0.05, 0.1) is 45.9 Å². The van der Waals surface area contributed by atoms with Gasteiger partial charge in [0.1, 0.15) is 6.61 Å². The summed E-state index contributed by atoms with van der Waals surface area (Å²) in [6.45, 7) is 8.40. The lowest BCUT2D eigenvalue weighted by Crippen LogP contribution is -2.47. The van der Waals surface area contributed by atoms with Gasteiger partial charge in [0, 0.05) is 23.6 Å². The summed E-state index contributed by atoms with van der Waals surface area (Å²) in [7, 11) is 5.90. The summed E-state index contributed by atoms with van der Waals surface area (Å²) in [5, 5.41) is 16.9.